The Morgan fingerprint density at radius 3 is 2.74 bits per heavy atom. The minimum absolute atomic E-state index is 0.0510. The highest BCUT2D eigenvalue weighted by atomic mass is 16.7. The van der Waals surface area contributed by atoms with Crippen LogP contribution in [0.2, 0.25) is 0 Å². The zero-order valence-corrected chi connectivity index (χ0v) is 10.6. The standard InChI is InChI=1S/C15H15NO3/c16-8-12(15(17)10-3-1-2-4-10)11-5-6-13-14(7-11)19-9-18-13/h5-7,10,12H,1-4,9H2. The summed E-state index contributed by atoms with van der Waals surface area (Å²) >= 11 is 0. The molecule has 0 radical (unpaired) electrons. The molecule has 2 aliphatic rings. The first-order valence-corrected chi connectivity index (χ1v) is 6.62. The Bertz CT molecular complexity index is 541. The minimum Gasteiger partial charge on any atom is -0.454 e. The van der Waals surface area contributed by atoms with E-state index < -0.39 is 5.92 Å². The fraction of sp³-hybridized carbons (Fsp3) is 0.467. The average Bonchev–Trinajstić information content (AvgIpc) is 3.10. The molecule has 1 heterocycles. The van der Waals surface area contributed by atoms with Crippen molar-refractivity contribution >= 4 is 5.78 Å². The second-order valence-corrected chi connectivity index (χ2v) is 5.06. The number of nitriles is 1. The van der Waals surface area contributed by atoms with Crippen molar-refractivity contribution in [3.05, 3.63) is 23.8 Å². The zero-order valence-electron chi connectivity index (χ0n) is 10.6. The highest BCUT2D eigenvalue weighted by Crippen LogP contribution is 2.37. The lowest BCUT2D eigenvalue weighted by atomic mass is 9.87. The molecule has 0 saturated heterocycles. The Kier molecular flexibility index (Phi) is 3.12. The van der Waals surface area contributed by atoms with Gasteiger partial charge in [-0.15, -0.1) is 0 Å². The van der Waals surface area contributed by atoms with Crippen LogP contribution in [0.4, 0.5) is 0 Å². The summed E-state index contributed by atoms with van der Waals surface area (Å²) in [4.78, 5) is 12.4. The van der Waals surface area contributed by atoms with E-state index in [1.54, 1.807) is 18.2 Å². The van der Waals surface area contributed by atoms with Gasteiger partial charge < -0.3 is 9.47 Å². The summed E-state index contributed by atoms with van der Waals surface area (Å²) in [7, 11) is 0. The van der Waals surface area contributed by atoms with Crippen LogP contribution in [0.3, 0.4) is 0 Å². The highest BCUT2D eigenvalue weighted by molar-refractivity contribution is 5.90. The van der Waals surface area contributed by atoms with Gasteiger partial charge in [0.15, 0.2) is 17.3 Å². The molecule has 1 atom stereocenters. The van der Waals surface area contributed by atoms with Crippen LogP contribution in [-0.4, -0.2) is 12.6 Å². The number of nitrogens with zero attached hydrogens (tertiary/aromatic N) is 1. The predicted molar refractivity (Wildman–Crippen MR) is 67.9 cm³/mol. The molecule has 1 saturated carbocycles. The molecule has 0 aromatic heterocycles. The fourth-order valence-corrected chi connectivity index (χ4v) is 2.84. The van der Waals surface area contributed by atoms with Crippen molar-refractivity contribution in [1.82, 2.24) is 0 Å². The SMILES string of the molecule is N#CC(C(=O)C1CCCC1)c1ccc2c(c1)OCO2. The second kappa shape index (κ2) is 4.93. The van der Waals surface area contributed by atoms with Crippen molar-refractivity contribution in [3.8, 4) is 17.6 Å². The average molecular weight is 257 g/mol. The van der Waals surface area contributed by atoms with Gasteiger partial charge in [0.1, 0.15) is 5.92 Å². The number of carbonyl (C=O) groups is 1. The van der Waals surface area contributed by atoms with Gasteiger partial charge in [0.25, 0.3) is 0 Å². The van der Waals surface area contributed by atoms with Crippen LogP contribution in [0.5, 0.6) is 11.5 Å². The monoisotopic (exact) mass is 257 g/mol. The Hall–Kier alpha value is -2.02. The van der Waals surface area contributed by atoms with E-state index in [2.05, 4.69) is 6.07 Å². The summed E-state index contributed by atoms with van der Waals surface area (Å²) in [5, 5.41) is 9.32. The molecule has 1 fully saturated rings. The molecule has 0 spiro atoms. The van der Waals surface area contributed by atoms with E-state index in [0.29, 0.717) is 17.1 Å². The van der Waals surface area contributed by atoms with E-state index >= 15 is 0 Å². The molecule has 1 aliphatic carbocycles. The Morgan fingerprint density at radius 1 is 1.26 bits per heavy atom. The van der Waals surface area contributed by atoms with Gasteiger partial charge in [-0.05, 0) is 30.5 Å². The second-order valence-electron chi connectivity index (χ2n) is 5.06. The van der Waals surface area contributed by atoms with E-state index in [0.717, 1.165) is 25.7 Å². The van der Waals surface area contributed by atoms with Crippen LogP contribution in [0.25, 0.3) is 0 Å². The van der Waals surface area contributed by atoms with E-state index in [4.69, 9.17) is 9.47 Å². The molecule has 0 N–H and O–H groups in total. The van der Waals surface area contributed by atoms with E-state index in [1.807, 2.05) is 0 Å². The number of hydrogen-bond donors (Lipinski definition) is 0. The highest BCUT2D eigenvalue weighted by Gasteiger charge is 2.31. The van der Waals surface area contributed by atoms with Crippen molar-refractivity contribution < 1.29 is 14.3 Å². The summed E-state index contributed by atoms with van der Waals surface area (Å²) in [5.74, 6) is 0.720. The summed E-state index contributed by atoms with van der Waals surface area (Å²) in [6.45, 7) is 0.201. The van der Waals surface area contributed by atoms with Crippen LogP contribution in [0.15, 0.2) is 18.2 Å². The van der Waals surface area contributed by atoms with E-state index in [1.165, 1.54) is 0 Å². The molecule has 4 nitrogen and oxygen atoms in total. The van der Waals surface area contributed by atoms with E-state index in [-0.39, 0.29) is 18.5 Å². The Morgan fingerprint density at radius 2 is 2.00 bits per heavy atom. The molecule has 98 valence electrons. The fourth-order valence-electron chi connectivity index (χ4n) is 2.84. The summed E-state index contributed by atoms with van der Waals surface area (Å²) in [5.41, 5.74) is 0.712. The van der Waals surface area contributed by atoms with E-state index in [9.17, 15) is 10.1 Å². The Balaban J connectivity index is 1.86. The number of fused-ring (bicyclic) bond motifs is 1. The lowest BCUT2D eigenvalue weighted by Crippen LogP contribution is -2.19. The zero-order chi connectivity index (χ0) is 13.2. The normalized spacial score (nSPS) is 19.1. The predicted octanol–water partition coefficient (Wildman–Crippen LogP) is 2.78. The molecule has 1 aromatic carbocycles. The first-order chi connectivity index (χ1) is 9.29. The number of benzene rings is 1. The van der Waals surface area contributed by atoms with Crippen molar-refractivity contribution in [2.45, 2.75) is 31.6 Å². The molecular formula is C15H15NO3. The Labute approximate surface area is 111 Å². The molecular weight excluding hydrogens is 242 g/mol. The lowest BCUT2D eigenvalue weighted by molar-refractivity contribution is -0.123. The summed E-state index contributed by atoms with van der Waals surface area (Å²) in [6.07, 6.45) is 4.02. The van der Waals surface area contributed by atoms with Crippen LogP contribution < -0.4 is 9.47 Å². The smallest absolute Gasteiger partial charge is 0.231 e. The van der Waals surface area contributed by atoms with Crippen molar-refractivity contribution in [3.63, 3.8) is 0 Å². The van der Waals surface area contributed by atoms with Crippen LogP contribution in [0, 0.1) is 17.2 Å². The summed E-state index contributed by atoms with van der Waals surface area (Å²) in [6, 6.07) is 7.45. The number of carbonyl (C=O) groups excluding carboxylic acids is 1. The third-order valence-corrected chi connectivity index (χ3v) is 3.90. The first kappa shape index (κ1) is 12.0. The van der Waals surface area contributed by atoms with Gasteiger partial charge in [-0.1, -0.05) is 18.9 Å². The molecule has 1 aromatic rings. The number of rotatable bonds is 3. The van der Waals surface area contributed by atoms with Gasteiger partial charge in [-0.25, -0.2) is 0 Å². The maximum absolute atomic E-state index is 12.4. The maximum atomic E-state index is 12.4. The molecule has 19 heavy (non-hydrogen) atoms. The van der Waals surface area contributed by atoms with Crippen LogP contribution in [-0.2, 0) is 4.79 Å². The van der Waals surface area contributed by atoms with Gasteiger partial charge >= 0.3 is 0 Å². The molecule has 1 unspecified atom stereocenters. The maximum Gasteiger partial charge on any atom is 0.231 e. The molecule has 1 aliphatic heterocycles. The van der Waals surface area contributed by atoms with Crippen LogP contribution in [0.1, 0.15) is 37.2 Å². The minimum atomic E-state index is -0.683. The van der Waals surface area contributed by atoms with Crippen molar-refractivity contribution in [1.29, 1.82) is 5.26 Å². The third kappa shape index (κ3) is 2.17. The lowest BCUT2D eigenvalue weighted by Gasteiger charge is -2.13. The first-order valence-electron chi connectivity index (χ1n) is 6.62. The molecule has 0 amide bonds. The summed E-state index contributed by atoms with van der Waals surface area (Å²) < 4.78 is 10.5. The number of ether oxygens (including phenoxy) is 2. The molecule has 0 bridgehead atoms. The van der Waals surface area contributed by atoms with Gasteiger partial charge in [-0.2, -0.15) is 5.26 Å². The van der Waals surface area contributed by atoms with Gasteiger partial charge in [0.05, 0.1) is 6.07 Å². The van der Waals surface area contributed by atoms with Crippen molar-refractivity contribution in [2.75, 3.05) is 6.79 Å². The topological polar surface area (TPSA) is 59.3 Å². The number of ketones is 1. The molecule has 3 rings (SSSR count). The largest absolute Gasteiger partial charge is 0.454 e. The number of Topliss-reactive ketones (excluding diaryl/α,β-unsaturated/α-hetero) is 1. The van der Waals surface area contributed by atoms with Gasteiger partial charge in [0, 0.05) is 5.92 Å². The molecule has 4 heteroatoms. The third-order valence-electron chi connectivity index (χ3n) is 3.90. The quantitative estimate of drug-likeness (QED) is 0.835. The van der Waals surface area contributed by atoms with Gasteiger partial charge in [-0.3, -0.25) is 4.79 Å². The van der Waals surface area contributed by atoms with Crippen LogP contribution >= 0.6 is 0 Å². The number of hydrogen-bond acceptors (Lipinski definition) is 4. The van der Waals surface area contributed by atoms with Crippen molar-refractivity contribution in [2.24, 2.45) is 5.92 Å². The van der Waals surface area contributed by atoms with Gasteiger partial charge in [0.2, 0.25) is 6.79 Å².